The lowest BCUT2D eigenvalue weighted by Crippen LogP contribution is -2.41. The first kappa shape index (κ1) is 12.4. The van der Waals surface area contributed by atoms with Gasteiger partial charge in [0, 0.05) is 0 Å². The largest absolute Gasteiger partial charge is 0.464 e. The lowest BCUT2D eigenvalue weighted by molar-refractivity contribution is -0.147. The zero-order valence-electron chi connectivity index (χ0n) is 8.32. The van der Waals surface area contributed by atoms with Gasteiger partial charge in [-0.1, -0.05) is 19.8 Å². The highest BCUT2D eigenvalue weighted by molar-refractivity contribution is 5.76. The Kier molecular flexibility index (Phi) is 6.54. The molecule has 13 heavy (non-hydrogen) atoms. The number of hydrogen-bond acceptors (Lipinski definition) is 4. The van der Waals surface area contributed by atoms with Gasteiger partial charge < -0.3 is 15.6 Å². The van der Waals surface area contributed by atoms with Gasteiger partial charge in [0.2, 0.25) is 0 Å². The Morgan fingerprint density at radius 2 is 2.15 bits per heavy atom. The number of esters is 1. The van der Waals surface area contributed by atoms with E-state index in [0.717, 1.165) is 19.3 Å². The van der Waals surface area contributed by atoms with Gasteiger partial charge in [-0.15, -0.1) is 0 Å². The van der Waals surface area contributed by atoms with Crippen molar-refractivity contribution in [1.82, 2.24) is 0 Å². The lowest BCUT2D eigenvalue weighted by atomic mass is 10.2. The van der Waals surface area contributed by atoms with E-state index >= 15 is 0 Å². The first-order chi connectivity index (χ1) is 6.09. The molecule has 0 aromatic carbocycles. The van der Waals surface area contributed by atoms with Crippen molar-refractivity contribution in [2.45, 2.75) is 45.3 Å². The minimum atomic E-state index is -0.915. The molecule has 0 saturated carbocycles. The molecule has 0 aliphatic carbocycles. The van der Waals surface area contributed by atoms with E-state index in [1.165, 1.54) is 6.92 Å². The smallest absolute Gasteiger partial charge is 0.325 e. The van der Waals surface area contributed by atoms with Crippen molar-refractivity contribution in [2.75, 3.05) is 6.61 Å². The molecular weight excluding hydrogens is 170 g/mol. The van der Waals surface area contributed by atoms with E-state index in [1.807, 2.05) is 0 Å². The van der Waals surface area contributed by atoms with E-state index in [-0.39, 0.29) is 0 Å². The Hall–Kier alpha value is -0.610. The summed E-state index contributed by atoms with van der Waals surface area (Å²) in [7, 11) is 0. The molecule has 0 radical (unpaired) electrons. The predicted molar refractivity (Wildman–Crippen MR) is 50.1 cm³/mol. The summed E-state index contributed by atoms with van der Waals surface area (Å²) >= 11 is 0. The van der Waals surface area contributed by atoms with Crippen LogP contribution in [-0.4, -0.2) is 29.8 Å². The van der Waals surface area contributed by atoms with Crippen molar-refractivity contribution in [3.05, 3.63) is 0 Å². The van der Waals surface area contributed by atoms with Crippen molar-refractivity contribution in [3.8, 4) is 0 Å². The summed E-state index contributed by atoms with van der Waals surface area (Å²) in [6.07, 6.45) is 2.13. The predicted octanol–water partition coefficient (Wildman–Crippen LogP) is 0.428. The van der Waals surface area contributed by atoms with Crippen LogP contribution in [0.15, 0.2) is 0 Å². The second kappa shape index (κ2) is 6.86. The first-order valence-corrected chi connectivity index (χ1v) is 4.69. The number of aliphatic hydroxyl groups is 1. The highest BCUT2D eigenvalue weighted by Gasteiger charge is 2.19. The fraction of sp³-hybridized carbons (Fsp3) is 0.889. The van der Waals surface area contributed by atoms with E-state index in [0.29, 0.717) is 6.61 Å². The summed E-state index contributed by atoms with van der Waals surface area (Å²) in [5.41, 5.74) is 5.35. The van der Waals surface area contributed by atoms with E-state index in [9.17, 15) is 4.79 Å². The molecule has 4 heteroatoms. The van der Waals surface area contributed by atoms with E-state index in [4.69, 9.17) is 15.6 Å². The lowest BCUT2D eigenvalue weighted by Gasteiger charge is -2.13. The highest BCUT2D eigenvalue weighted by Crippen LogP contribution is 1.97. The Labute approximate surface area is 79.1 Å². The molecule has 0 aliphatic rings. The van der Waals surface area contributed by atoms with Gasteiger partial charge in [0.25, 0.3) is 0 Å². The first-order valence-electron chi connectivity index (χ1n) is 4.69. The molecule has 0 rings (SSSR count). The number of rotatable bonds is 6. The fourth-order valence-corrected chi connectivity index (χ4v) is 0.818. The summed E-state index contributed by atoms with van der Waals surface area (Å²) in [5, 5.41) is 8.97. The Morgan fingerprint density at radius 3 is 2.62 bits per heavy atom. The third-order valence-corrected chi connectivity index (χ3v) is 1.78. The molecule has 0 spiro atoms. The number of ether oxygens (including phenoxy) is 1. The summed E-state index contributed by atoms with van der Waals surface area (Å²) in [6, 6.07) is -0.915. The number of unbranched alkanes of at least 4 members (excludes halogenated alkanes) is 2. The molecule has 0 heterocycles. The van der Waals surface area contributed by atoms with Crippen molar-refractivity contribution in [1.29, 1.82) is 0 Å². The van der Waals surface area contributed by atoms with Gasteiger partial charge in [0.05, 0.1) is 12.7 Å². The van der Waals surface area contributed by atoms with Gasteiger partial charge in [0.15, 0.2) is 0 Å². The highest BCUT2D eigenvalue weighted by atomic mass is 16.5. The molecule has 4 nitrogen and oxygen atoms in total. The van der Waals surface area contributed by atoms with Gasteiger partial charge in [-0.05, 0) is 13.3 Å². The summed E-state index contributed by atoms with van der Waals surface area (Å²) in [5.74, 6) is -0.522. The summed E-state index contributed by atoms with van der Waals surface area (Å²) in [6.45, 7) is 3.94. The second-order valence-electron chi connectivity index (χ2n) is 3.14. The van der Waals surface area contributed by atoms with Crippen LogP contribution in [-0.2, 0) is 9.53 Å². The van der Waals surface area contributed by atoms with Crippen LogP contribution >= 0.6 is 0 Å². The van der Waals surface area contributed by atoms with Crippen molar-refractivity contribution >= 4 is 5.97 Å². The Balaban J connectivity index is 3.50. The van der Waals surface area contributed by atoms with Gasteiger partial charge >= 0.3 is 5.97 Å². The van der Waals surface area contributed by atoms with Gasteiger partial charge in [0.1, 0.15) is 6.04 Å². The van der Waals surface area contributed by atoms with E-state index < -0.39 is 18.1 Å². The molecule has 0 aromatic rings. The maximum absolute atomic E-state index is 11.0. The van der Waals surface area contributed by atoms with Crippen LogP contribution in [0.2, 0.25) is 0 Å². The average molecular weight is 189 g/mol. The third kappa shape index (κ3) is 5.60. The minimum Gasteiger partial charge on any atom is -0.464 e. The SMILES string of the molecule is CCCCCOC(=O)[C@@H](N)[C@@H](C)O. The normalized spacial score (nSPS) is 15.1. The van der Waals surface area contributed by atoms with Crippen molar-refractivity contribution < 1.29 is 14.6 Å². The van der Waals surface area contributed by atoms with Crippen LogP contribution in [0.25, 0.3) is 0 Å². The summed E-state index contributed by atoms with van der Waals surface area (Å²) < 4.78 is 4.84. The fourth-order valence-electron chi connectivity index (χ4n) is 0.818. The zero-order valence-corrected chi connectivity index (χ0v) is 8.32. The van der Waals surface area contributed by atoms with Crippen molar-refractivity contribution in [3.63, 3.8) is 0 Å². The molecule has 2 atom stereocenters. The molecule has 0 fully saturated rings. The quantitative estimate of drug-likeness (QED) is 0.469. The molecule has 3 N–H and O–H groups in total. The van der Waals surface area contributed by atoms with Crippen LogP contribution in [0.3, 0.4) is 0 Å². The number of aliphatic hydroxyl groups excluding tert-OH is 1. The second-order valence-corrected chi connectivity index (χ2v) is 3.14. The number of carbonyl (C=O) groups is 1. The maximum Gasteiger partial charge on any atom is 0.325 e. The standard InChI is InChI=1S/C9H19NO3/c1-3-4-5-6-13-9(12)8(10)7(2)11/h7-8,11H,3-6,10H2,1-2H3/t7-,8+/m1/s1. The number of hydrogen-bond donors (Lipinski definition) is 2. The topological polar surface area (TPSA) is 72.5 Å². The van der Waals surface area contributed by atoms with Gasteiger partial charge in [-0.25, -0.2) is 0 Å². The van der Waals surface area contributed by atoms with Gasteiger partial charge in [-0.2, -0.15) is 0 Å². The molecule has 0 bridgehead atoms. The molecule has 0 amide bonds. The molecular formula is C9H19NO3. The molecule has 0 aromatic heterocycles. The van der Waals surface area contributed by atoms with Crippen LogP contribution in [0.1, 0.15) is 33.1 Å². The zero-order chi connectivity index (χ0) is 10.3. The van der Waals surface area contributed by atoms with Crippen molar-refractivity contribution in [2.24, 2.45) is 5.73 Å². The minimum absolute atomic E-state index is 0.396. The van der Waals surface area contributed by atoms with Crippen LogP contribution in [0.5, 0.6) is 0 Å². The molecule has 0 aliphatic heterocycles. The maximum atomic E-state index is 11.0. The van der Waals surface area contributed by atoms with E-state index in [1.54, 1.807) is 0 Å². The molecule has 0 saturated heterocycles. The number of carbonyl (C=O) groups excluding carboxylic acids is 1. The average Bonchev–Trinajstić information content (AvgIpc) is 2.10. The van der Waals surface area contributed by atoms with E-state index in [2.05, 4.69) is 6.92 Å². The molecule has 78 valence electrons. The van der Waals surface area contributed by atoms with Crippen LogP contribution in [0, 0.1) is 0 Å². The Morgan fingerprint density at radius 1 is 1.54 bits per heavy atom. The number of nitrogens with two attached hydrogens (primary N) is 1. The Bertz CT molecular complexity index is 148. The molecule has 0 unspecified atom stereocenters. The third-order valence-electron chi connectivity index (χ3n) is 1.78. The monoisotopic (exact) mass is 189 g/mol. The van der Waals surface area contributed by atoms with Crippen LogP contribution < -0.4 is 5.73 Å². The van der Waals surface area contributed by atoms with Gasteiger partial charge in [-0.3, -0.25) is 4.79 Å². The summed E-state index contributed by atoms with van der Waals surface area (Å²) in [4.78, 5) is 11.0. The van der Waals surface area contributed by atoms with Crippen LogP contribution in [0.4, 0.5) is 0 Å².